The van der Waals surface area contributed by atoms with E-state index in [-0.39, 0.29) is 5.91 Å². The van der Waals surface area contributed by atoms with Crippen LogP contribution >= 0.6 is 0 Å². The van der Waals surface area contributed by atoms with Gasteiger partial charge >= 0.3 is 0 Å². The number of nitrogens with one attached hydrogen (secondary N) is 1. The van der Waals surface area contributed by atoms with Crippen LogP contribution in [0, 0.1) is 13.0 Å². The smallest absolute Gasteiger partial charge is 0.220 e. The minimum absolute atomic E-state index is 0.0591. The van der Waals surface area contributed by atoms with E-state index in [9.17, 15) is 4.79 Å². The molecular weight excluding hydrogens is 162 g/mol. The molecular formula is C11H22NO. The number of carbonyl (C=O) groups is 1. The van der Waals surface area contributed by atoms with Crippen LogP contribution in [0.2, 0.25) is 0 Å². The van der Waals surface area contributed by atoms with Crippen molar-refractivity contribution in [1.29, 1.82) is 0 Å². The first-order chi connectivity index (χ1) is 6.16. The first-order valence-corrected chi connectivity index (χ1v) is 5.22. The minimum atomic E-state index is 0.0591. The van der Waals surface area contributed by atoms with Gasteiger partial charge in [0.25, 0.3) is 0 Å². The monoisotopic (exact) mass is 184 g/mol. The third-order valence-corrected chi connectivity index (χ3v) is 2.13. The second kappa shape index (κ2) is 8.09. The fourth-order valence-electron chi connectivity index (χ4n) is 1.28. The van der Waals surface area contributed by atoms with Gasteiger partial charge < -0.3 is 5.32 Å². The van der Waals surface area contributed by atoms with Gasteiger partial charge in [0.05, 0.1) is 0 Å². The molecule has 0 spiro atoms. The number of amides is 1. The predicted molar refractivity (Wildman–Crippen MR) is 56.0 cm³/mol. The molecule has 77 valence electrons. The number of carbonyl (C=O) groups excluding carboxylic acids is 1. The number of unbranched alkanes of at least 4 members (excludes halogenated alkanes) is 3. The Morgan fingerprint density at radius 1 is 1.23 bits per heavy atom. The molecule has 0 aromatic rings. The van der Waals surface area contributed by atoms with Crippen LogP contribution in [0.5, 0.6) is 0 Å². The van der Waals surface area contributed by atoms with E-state index in [1.165, 1.54) is 25.7 Å². The summed E-state index contributed by atoms with van der Waals surface area (Å²) in [5.41, 5.74) is 0. The first kappa shape index (κ1) is 12.5. The SMILES string of the molecule is [CH2]NC(=O)CCCCCCC(C)C. The Morgan fingerprint density at radius 3 is 2.38 bits per heavy atom. The molecule has 1 N–H and O–H groups in total. The van der Waals surface area contributed by atoms with E-state index in [1.807, 2.05) is 0 Å². The summed E-state index contributed by atoms with van der Waals surface area (Å²) in [7, 11) is 3.32. The highest BCUT2D eigenvalue weighted by molar-refractivity contribution is 5.75. The molecule has 0 aromatic carbocycles. The summed E-state index contributed by atoms with van der Waals surface area (Å²) in [6, 6.07) is 0. The van der Waals surface area contributed by atoms with Gasteiger partial charge in [0.15, 0.2) is 0 Å². The molecule has 0 aliphatic carbocycles. The van der Waals surface area contributed by atoms with Crippen LogP contribution < -0.4 is 5.32 Å². The molecule has 1 amide bonds. The van der Waals surface area contributed by atoms with E-state index < -0.39 is 0 Å². The molecule has 0 fully saturated rings. The Kier molecular flexibility index (Phi) is 7.76. The Labute approximate surface area is 82.1 Å². The van der Waals surface area contributed by atoms with E-state index in [2.05, 4.69) is 26.2 Å². The quantitative estimate of drug-likeness (QED) is 0.606. The van der Waals surface area contributed by atoms with Gasteiger partial charge in [-0.25, -0.2) is 0 Å². The summed E-state index contributed by atoms with van der Waals surface area (Å²) >= 11 is 0. The average molecular weight is 184 g/mol. The summed E-state index contributed by atoms with van der Waals surface area (Å²) in [4.78, 5) is 10.8. The third kappa shape index (κ3) is 9.38. The lowest BCUT2D eigenvalue weighted by Gasteiger charge is -2.03. The van der Waals surface area contributed by atoms with Crippen LogP contribution in [0.25, 0.3) is 0 Å². The fourth-order valence-corrected chi connectivity index (χ4v) is 1.28. The maximum absolute atomic E-state index is 10.8. The third-order valence-electron chi connectivity index (χ3n) is 2.13. The van der Waals surface area contributed by atoms with Crippen molar-refractivity contribution in [3.63, 3.8) is 0 Å². The highest BCUT2D eigenvalue weighted by atomic mass is 16.1. The Bertz CT molecular complexity index is 132. The molecule has 0 rings (SSSR count). The summed E-state index contributed by atoms with van der Waals surface area (Å²) in [5.74, 6) is 0.868. The molecule has 0 aliphatic rings. The maximum atomic E-state index is 10.8. The molecule has 0 unspecified atom stereocenters. The molecule has 0 aliphatic heterocycles. The van der Waals surface area contributed by atoms with Crippen LogP contribution in [0.4, 0.5) is 0 Å². The van der Waals surface area contributed by atoms with Crippen LogP contribution in [0.1, 0.15) is 52.4 Å². The van der Waals surface area contributed by atoms with Crippen molar-refractivity contribution in [3.05, 3.63) is 7.05 Å². The molecule has 2 nitrogen and oxygen atoms in total. The second-order valence-electron chi connectivity index (χ2n) is 3.95. The zero-order valence-electron chi connectivity index (χ0n) is 8.94. The Balaban J connectivity index is 3.04. The van der Waals surface area contributed by atoms with Gasteiger partial charge in [0, 0.05) is 13.5 Å². The van der Waals surface area contributed by atoms with Gasteiger partial charge in [0.2, 0.25) is 5.91 Å². The maximum Gasteiger partial charge on any atom is 0.220 e. The molecule has 0 heterocycles. The van der Waals surface area contributed by atoms with E-state index in [1.54, 1.807) is 0 Å². The molecule has 13 heavy (non-hydrogen) atoms. The van der Waals surface area contributed by atoms with Crippen molar-refractivity contribution in [2.75, 3.05) is 0 Å². The average Bonchev–Trinajstić information content (AvgIpc) is 2.10. The van der Waals surface area contributed by atoms with E-state index in [4.69, 9.17) is 0 Å². The molecule has 0 saturated carbocycles. The second-order valence-corrected chi connectivity index (χ2v) is 3.95. The largest absolute Gasteiger partial charge is 0.354 e. The lowest BCUT2D eigenvalue weighted by atomic mass is 10.0. The molecule has 1 radical (unpaired) electrons. The van der Waals surface area contributed by atoms with Crippen LogP contribution in [-0.2, 0) is 4.79 Å². The van der Waals surface area contributed by atoms with Gasteiger partial charge in [0.1, 0.15) is 0 Å². The van der Waals surface area contributed by atoms with Crippen molar-refractivity contribution >= 4 is 5.91 Å². The summed E-state index contributed by atoms with van der Waals surface area (Å²) in [6.07, 6.45) is 6.65. The lowest BCUT2D eigenvalue weighted by Crippen LogP contribution is -2.14. The predicted octanol–water partition coefficient (Wildman–Crippen LogP) is 2.89. The normalized spacial score (nSPS) is 10.5. The minimum Gasteiger partial charge on any atom is -0.354 e. The highest BCUT2D eigenvalue weighted by Gasteiger charge is 1.98. The van der Waals surface area contributed by atoms with Gasteiger partial charge in [-0.2, -0.15) is 0 Å². The number of hydrogen-bond donors (Lipinski definition) is 1. The van der Waals surface area contributed by atoms with Crippen molar-refractivity contribution in [3.8, 4) is 0 Å². The van der Waals surface area contributed by atoms with Gasteiger partial charge in [-0.1, -0.05) is 39.5 Å². The standard InChI is InChI=1S/C11H22NO/c1-10(2)8-6-4-5-7-9-11(13)12-3/h10H,3-9H2,1-2H3,(H,12,13). The molecule has 2 heteroatoms. The van der Waals surface area contributed by atoms with Crippen molar-refractivity contribution in [2.45, 2.75) is 52.4 Å². The Hall–Kier alpha value is -0.530. The van der Waals surface area contributed by atoms with Gasteiger partial charge in [-0.05, 0) is 12.3 Å². The molecule has 0 bridgehead atoms. The van der Waals surface area contributed by atoms with Crippen molar-refractivity contribution < 1.29 is 4.79 Å². The summed E-state index contributed by atoms with van der Waals surface area (Å²) in [5, 5.41) is 2.39. The van der Waals surface area contributed by atoms with Gasteiger partial charge in [-0.15, -0.1) is 0 Å². The molecule has 0 aromatic heterocycles. The zero-order valence-corrected chi connectivity index (χ0v) is 8.94. The number of hydrogen-bond acceptors (Lipinski definition) is 1. The summed E-state index contributed by atoms with van der Waals surface area (Å²) in [6.45, 7) is 4.49. The van der Waals surface area contributed by atoms with Crippen LogP contribution in [0.15, 0.2) is 0 Å². The van der Waals surface area contributed by atoms with Crippen molar-refractivity contribution in [2.24, 2.45) is 5.92 Å². The topological polar surface area (TPSA) is 29.1 Å². The summed E-state index contributed by atoms with van der Waals surface area (Å²) < 4.78 is 0. The Morgan fingerprint density at radius 2 is 1.85 bits per heavy atom. The first-order valence-electron chi connectivity index (χ1n) is 5.22. The molecule has 0 atom stereocenters. The lowest BCUT2D eigenvalue weighted by molar-refractivity contribution is -0.120. The highest BCUT2D eigenvalue weighted by Crippen LogP contribution is 2.10. The fraction of sp³-hybridized carbons (Fsp3) is 0.818. The van der Waals surface area contributed by atoms with Crippen LogP contribution in [0.3, 0.4) is 0 Å². The van der Waals surface area contributed by atoms with Crippen molar-refractivity contribution in [1.82, 2.24) is 5.32 Å². The van der Waals surface area contributed by atoms with E-state index >= 15 is 0 Å². The zero-order chi connectivity index (χ0) is 10.1. The van der Waals surface area contributed by atoms with Crippen LogP contribution in [-0.4, -0.2) is 5.91 Å². The van der Waals surface area contributed by atoms with E-state index in [0.29, 0.717) is 6.42 Å². The number of rotatable bonds is 7. The van der Waals surface area contributed by atoms with E-state index in [0.717, 1.165) is 12.3 Å². The van der Waals surface area contributed by atoms with Gasteiger partial charge in [-0.3, -0.25) is 4.79 Å². The molecule has 0 saturated heterocycles.